The first-order chi connectivity index (χ1) is 9.93. The van der Waals surface area contributed by atoms with Gasteiger partial charge in [0.15, 0.2) is 0 Å². The van der Waals surface area contributed by atoms with E-state index in [0.29, 0.717) is 18.5 Å². The van der Waals surface area contributed by atoms with E-state index in [1.807, 2.05) is 12.1 Å². The van der Waals surface area contributed by atoms with Crippen LogP contribution in [0.5, 0.6) is 0 Å². The van der Waals surface area contributed by atoms with Gasteiger partial charge in [-0.05, 0) is 47.0 Å². The van der Waals surface area contributed by atoms with Crippen LogP contribution in [0.1, 0.15) is 25.7 Å². The van der Waals surface area contributed by atoms with Gasteiger partial charge in [-0.2, -0.15) is 0 Å². The number of nitrogens with one attached hydrogen (secondary N) is 2. The van der Waals surface area contributed by atoms with E-state index in [2.05, 4.69) is 42.5 Å². The fourth-order valence-electron chi connectivity index (χ4n) is 2.53. The molecule has 1 aromatic carbocycles. The molecule has 1 aliphatic carbocycles. The summed E-state index contributed by atoms with van der Waals surface area (Å²) in [4.78, 5) is 23.4. The second-order valence-electron chi connectivity index (χ2n) is 5.22. The van der Waals surface area contributed by atoms with Gasteiger partial charge in [0.1, 0.15) is 0 Å². The monoisotopic (exact) mass is 418 g/mol. The number of benzene rings is 1. The molecule has 2 amide bonds. The van der Waals surface area contributed by atoms with Crippen LogP contribution in [0.2, 0.25) is 0 Å². The maximum Gasteiger partial charge on any atom is 0.319 e. The highest BCUT2D eigenvalue weighted by molar-refractivity contribution is 9.11. The van der Waals surface area contributed by atoms with Crippen molar-refractivity contribution in [3.05, 3.63) is 27.1 Å². The normalized spacial score (nSPS) is 16.5. The zero-order valence-corrected chi connectivity index (χ0v) is 14.5. The van der Waals surface area contributed by atoms with Crippen molar-refractivity contribution in [1.82, 2.24) is 5.32 Å². The Kier molecular flexibility index (Phi) is 5.27. The van der Waals surface area contributed by atoms with Crippen molar-refractivity contribution < 1.29 is 14.7 Å². The van der Waals surface area contributed by atoms with E-state index in [-0.39, 0.29) is 6.54 Å². The zero-order valence-electron chi connectivity index (χ0n) is 11.3. The molecule has 0 bridgehead atoms. The van der Waals surface area contributed by atoms with Crippen LogP contribution < -0.4 is 10.6 Å². The highest BCUT2D eigenvalue weighted by atomic mass is 79.9. The summed E-state index contributed by atoms with van der Waals surface area (Å²) in [6.45, 7) is 0.153. The summed E-state index contributed by atoms with van der Waals surface area (Å²) in [5.41, 5.74) is -0.191. The lowest BCUT2D eigenvalue weighted by Crippen LogP contribution is -2.42. The molecule has 0 aromatic heterocycles. The predicted molar refractivity (Wildman–Crippen MR) is 87.4 cm³/mol. The van der Waals surface area contributed by atoms with E-state index in [9.17, 15) is 14.7 Å². The van der Waals surface area contributed by atoms with E-state index in [0.717, 1.165) is 21.8 Å². The second kappa shape index (κ2) is 6.79. The molecule has 21 heavy (non-hydrogen) atoms. The highest BCUT2D eigenvalue weighted by Crippen LogP contribution is 2.37. The van der Waals surface area contributed by atoms with Crippen molar-refractivity contribution >= 4 is 49.5 Å². The van der Waals surface area contributed by atoms with Crippen LogP contribution in [0.3, 0.4) is 0 Å². The van der Waals surface area contributed by atoms with Gasteiger partial charge in [0, 0.05) is 15.5 Å². The summed E-state index contributed by atoms with van der Waals surface area (Å²) in [5, 5.41) is 14.7. The Morgan fingerprint density at radius 3 is 2.52 bits per heavy atom. The molecule has 3 N–H and O–H groups in total. The summed E-state index contributed by atoms with van der Waals surface area (Å²) < 4.78 is 1.61. The first-order valence-electron chi connectivity index (χ1n) is 6.66. The van der Waals surface area contributed by atoms with Gasteiger partial charge in [-0.15, -0.1) is 0 Å². The number of hydrogen-bond donors (Lipinski definition) is 3. The van der Waals surface area contributed by atoms with Crippen LogP contribution in [0, 0.1) is 5.41 Å². The fourth-order valence-corrected chi connectivity index (χ4v) is 3.23. The average Bonchev–Trinajstić information content (AvgIpc) is 2.91. The molecule has 1 fully saturated rings. The largest absolute Gasteiger partial charge is 0.481 e. The Labute approximate surface area is 139 Å². The molecule has 0 aliphatic heterocycles. The van der Waals surface area contributed by atoms with Crippen molar-refractivity contribution in [3.63, 3.8) is 0 Å². The minimum absolute atomic E-state index is 0.153. The third kappa shape index (κ3) is 3.97. The molecule has 1 aromatic rings. The lowest BCUT2D eigenvalue weighted by atomic mass is 9.86. The van der Waals surface area contributed by atoms with Gasteiger partial charge >= 0.3 is 12.0 Å². The smallest absolute Gasteiger partial charge is 0.319 e. The van der Waals surface area contributed by atoms with Gasteiger partial charge in [-0.1, -0.05) is 28.8 Å². The summed E-state index contributed by atoms with van der Waals surface area (Å²) in [6, 6.07) is 5.04. The van der Waals surface area contributed by atoms with E-state index in [4.69, 9.17) is 0 Å². The molecule has 2 rings (SSSR count). The topological polar surface area (TPSA) is 78.4 Å². The molecule has 0 spiro atoms. The first-order valence-corrected chi connectivity index (χ1v) is 8.25. The lowest BCUT2D eigenvalue weighted by Gasteiger charge is -2.24. The number of carboxylic acid groups (broad SMARTS) is 1. The average molecular weight is 420 g/mol. The number of amides is 2. The zero-order chi connectivity index (χ0) is 15.5. The van der Waals surface area contributed by atoms with Crippen molar-refractivity contribution in [2.45, 2.75) is 25.7 Å². The molecular formula is C14H16Br2N2O3. The van der Waals surface area contributed by atoms with E-state index < -0.39 is 17.4 Å². The number of aliphatic carboxylic acids is 1. The Morgan fingerprint density at radius 1 is 1.24 bits per heavy atom. The molecule has 0 unspecified atom stereocenters. The quantitative estimate of drug-likeness (QED) is 0.690. The van der Waals surface area contributed by atoms with Gasteiger partial charge in [-0.3, -0.25) is 4.79 Å². The van der Waals surface area contributed by atoms with Crippen molar-refractivity contribution in [1.29, 1.82) is 0 Å². The standard InChI is InChI=1S/C14H16Br2N2O3/c15-9-3-4-10(16)11(7-9)18-13(21)17-8-14(12(19)20)5-1-2-6-14/h3-4,7H,1-2,5-6,8H2,(H,19,20)(H2,17,18,21). The second-order valence-corrected chi connectivity index (χ2v) is 6.99. The van der Waals surface area contributed by atoms with Crippen LogP contribution in [0.4, 0.5) is 10.5 Å². The number of halogens is 2. The fraction of sp³-hybridized carbons (Fsp3) is 0.429. The molecule has 0 atom stereocenters. The Hall–Kier alpha value is -1.08. The number of rotatable bonds is 4. The van der Waals surface area contributed by atoms with Gasteiger partial charge in [0.05, 0.1) is 11.1 Å². The third-order valence-corrected chi connectivity index (χ3v) is 4.96. The van der Waals surface area contributed by atoms with E-state index >= 15 is 0 Å². The number of anilines is 1. The molecule has 0 radical (unpaired) electrons. The summed E-state index contributed by atoms with van der Waals surface area (Å²) in [5.74, 6) is -0.830. The molecule has 114 valence electrons. The summed E-state index contributed by atoms with van der Waals surface area (Å²) in [6.07, 6.45) is 3.02. The number of carbonyl (C=O) groups is 2. The Morgan fingerprint density at radius 2 is 1.90 bits per heavy atom. The van der Waals surface area contributed by atoms with E-state index in [1.54, 1.807) is 6.07 Å². The number of carbonyl (C=O) groups excluding carboxylic acids is 1. The van der Waals surface area contributed by atoms with Crippen LogP contribution in [0.15, 0.2) is 27.1 Å². The maximum absolute atomic E-state index is 11.9. The highest BCUT2D eigenvalue weighted by Gasteiger charge is 2.41. The Balaban J connectivity index is 1.96. The summed E-state index contributed by atoms with van der Waals surface area (Å²) in [7, 11) is 0. The van der Waals surface area contributed by atoms with Crippen molar-refractivity contribution in [2.75, 3.05) is 11.9 Å². The molecule has 7 heteroatoms. The van der Waals surface area contributed by atoms with Crippen LogP contribution in [-0.2, 0) is 4.79 Å². The van der Waals surface area contributed by atoms with Crippen molar-refractivity contribution in [3.8, 4) is 0 Å². The molecule has 1 aliphatic rings. The SMILES string of the molecule is O=C(NCC1(C(=O)O)CCCC1)Nc1cc(Br)ccc1Br. The molecular weight excluding hydrogens is 404 g/mol. The molecule has 5 nitrogen and oxygen atoms in total. The van der Waals surface area contributed by atoms with Gasteiger partial charge in [0.25, 0.3) is 0 Å². The van der Waals surface area contributed by atoms with Gasteiger partial charge < -0.3 is 15.7 Å². The first kappa shape index (κ1) is 16.3. The molecule has 0 heterocycles. The van der Waals surface area contributed by atoms with Crippen LogP contribution >= 0.6 is 31.9 Å². The number of carboxylic acids is 1. The van der Waals surface area contributed by atoms with Gasteiger partial charge in [-0.25, -0.2) is 4.79 Å². The maximum atomic E-state index is 11.9. The van der Waals surface area contributed by atoms with Gasteiger partial charge in [0.2, 0.25) is 0 Å². The van der Waals surface area contributed by atoms with Crippen molar-refractivity contribution in [2.24, 2.45) is 5.41 Å². The summed E-state index contributed by atoms with van der Waals surface area (Å²) >= 11 is 6.69. The van der Waals surface area contributed by atoms with Crippen LogP contribution in [-0.4, -0.2) is 23.7 Å². The van der Waals surface area contributed by atoms with Crippen LogP contribution in [0.25, 0.3) is 0 Å². The lowest BCUT2D eigenvalue weighted by molar-refractivity contribution is -0.148. The number of urea groups is 1. The minimum atomic E-state index is -0.830. The molecule has 1 saturated carbocycles. The number of hydrogen-bond acceptors (Lipinski definition) is 2. The third-order valence-electron chi connectivity index (χ3n) is 3.78. The predicted octanol–water partition coefficient (Wildman–Crippen LogP) is 3.98. The van der Waals surface area contributed by atoms with E-state index in [1.165, 1.54) is 0 Å². The molecule has 0 saturated heterocycles. The minimum Gasteiger partial charge on any atom is -0.481 e. The Bertz CT molecular complexity index is 557.